The van der Waals surface area contributed by atoms with Crippen LogP contribution in [0.5, 0.6) is 0 Å². The van der Waals surface area contributed by atoms with Gasteiger partial charge in [0.05, 0.1) is 19.8 Å². The molecule has 11 nitrogen and oxygen atoms in total. The summed E-state index contributed by atoms with van der Waals surface area (Å²) in [6, 6.07) is 0. The van der Waals surface area contributed by atoms with E-state index in [2.05, 4.69) is 118 Å². The van der Waals surface area contributed by atoms with Crippen molar-refractivity contribution in [1.82, 2.24) is 0 Å². The fraction of sp³-hybridized carbons (Fsp3) is 0.729. The van der Waals surface area contributed by atoms with Crippen molar-refractivity contribution in [3.8, 4) is 0 Å². The van der Waals surface area contributed by atoms with Gasteiger partial charge in [0, 0.05) is 19.3 Å². The second-order valence-corrected chi connectivity index (χ2v) is 23.3. The van der Waals surface area contributed by atoms with Crippen molar-refractivity contribution in [2.45, 2.75) is 303 Å². The molecule has 0 spiro atoms. The van der Waals surface area contributed by atoms with E-state index >= 15 is 0 Å². The molecule has 3 atom stereocenters. The molecule has 0 radical (unpaired) electrons. The van der Waals surface area contributed by atoms with Crippen LogP contribution in [-0.4, -0.2) is 66.5 Å². The van der Waals surface area contributed by atoms with Crippen LogP contribution in [0.1, 0.15) is 290 Å². The van der Waals surface area contributed by atoms with Gasteiger partial charge in [-0.05, 0) is 122 Å². The molecule has 472 valence electrons. The molecule has 0 aliphatic rings. The Kier molecular flexibility index (Phi) is 60.6. The van der Waals surface area contributed by atoms with Gasteiger partial charge in [-0.2, -0.15) is 0 Å². The number of unbranched alkanes of at least 4 members (excludes halogenated alkanes) is 28. The van der Waals surface area contributed by atoms with Gasteiger partial charge in [-0.15, -0.1) is 0 Å². The summed E-state index contributed by atoms with van der Waals surface area (Å²) in [5, 5.41) is 9.86. The van der Waals surface area contributed by atoms with Crippen molar-refractivity contribution < 1.29 is 52.2 Å². The zero-order valence-corrected chi connectivity index (χ0v) is 53.3. The van der Waals surface area contributed by atoms with Gasteiger partial charge >= 0.3 is 25.7 Å². The van der Waals surface area contributed by atoms with Crippen molar-refractivity contribution in [1.29, 1.82) is 0 Å². The number of carbonyl (C=O) groups is 3. The number of allylic oxidation sites excluding steroid dienone is 16. The maximum Gasteiger partial charge on any atom is 0.472 e. The Balaban J connectivity index is 4.73. The fourth-order valence-corrected chi connectivity index (χ4v) is 9.72. The second-order valence-electron chi connectivity index (χ2n) is 21.9. The van der Waals surface area contributed by atoms with E-state index in [4.69, 9.17) is 23.3 Å². The van der Waals surface area contributed by atoms with E-state index in [0.717, 1.165) is 135 Å². The summed E-state index contributed by atoms with van der Waals surface area (Å²) in [6.07, 6.45) is 76.3. The highest BCUT2D eigenvalue weighted by Gasteiger charge is 2.28. The van der Waals surface area contributed by atoms with Gasteiger partial charge in [0.15, 0.2) is 6.10 Å². The number of phosphoric ester groups is 1. The van der Waals surface area contributed by atoms with Gasteiger partial charge < -0.3 is 24.2 Å². The Morgan fingerprint density at radius 3 is 0.976 bits per heavy atom. The number of ether oxygens (including phenoxy) is 3. The highest BCUT2D eigenvalue weighted by molar-refractivity contribution is 7.47. The van der Waals surface area contributed by atoms with Gasteiger partial charge in [-0.1, -0.05) is 246 Å². The molecule has 0 rings (SSSR count). The Hall–Kier alpha value is -3.60. The lowest BCUT2D eigenvalue weighted by molar-refractivity contribution is -0.161. The summed E-state index contributed by atoms with van der Waals surface area (Å²) < 4.78 is 39.7. The number of aliphatic hydroxyl groups excluding tert-OH is 1. The normalized spacial score (nSPS) is 13.9. The number of esters is 3. The molecule has 12 heteroatoms. The molecular weight excluding hydrogens is 1050 g/mol. The molecule has 0 amide bonds. The van der Waals surface area contributed by atoms with Gasteiger partial charge in [-0.3, -0.25) is 23.4 Å². The quantitative estimate of drug-likeness (QED) is 0.0197. The van der Waals surface area contributed by atoms with Crippen LogP contribution in [-0.2, 0) is 42.2 Å². The highest BCUT2D eigenvalue weighted by Crippen LogP contribution is 2.43. The predicted molar refractivity (Wildman–Crippen MR) is 344 cm³/mol. The first-order valence-corrected chi connectivity index (χ1v) is 34.6. The van der Waals surface area contributed by atoms with Crippen molar-refractivity contribution in [2.75, 3.05) is 26.4 Å². The zero-order valence-electron chi connectivity index (χ0n) is 52.4. The molecule has 0 fully saturated rings. The van der Waals surface area contributed by atoms with Crippen LogP contribution in [0.3, 0.4) is 0 Å². The molecule has 0 aliphatic heterocycles. The fourth-order valence-electron chi connectivity index (χ4n) is 8.94. The Morgan fingerprint density at radius 1 is 0.354 bits per heavy atom. The predicted octanol–water partition coefficient (Wildman–Crippen LogP) is 20.4. The summed E-state index contributed by atoms with van der Waals surface area (Å²) in [7, 11) is -4.77. The SMILES string of the molecule is CC/C=C\C/C=C\C/C=C\C/C=C\CCCCCCCCC(=O)OC(COC(=O)CCCCCCCCCCC/C=C\C/C=C\CCCCC)COP(=O)(O)OCC(CO)OC(=O)CCCCCCCCC/C=C\C/C=C\CCCCC. The van der Waals surface area contributed by atoms with E-state index in [1.54, 1.807) is 0 Å². The first kappa shape index (κ1) is 78.4. The summed E-state index contributed by atoms with van der Waals surface area (Å²) in [5.74, 6) is -1.49. The third kappa shape index (κ3) is 61.0. The number of hydrogen-bond acceptors (Lipinski definition) is 10. The van der Waals surface area contributed by atoms with E-state index in [0.29, 0.717) is 19.3 Å². The molecular formula is C70H121O11P. The monoisotopic (exact) mass is 1170 g/mol. The Bertz CT molecular complexity index is 1750. The van der Waals surface area contributed by atoms with Crippen molar-refractivity contribution in [3.05, 3.63) is 97.2 Å². The van der Waals surface area contributed by atoms with Crippen molar-refractivity contribution in [2.24, 2.45) is 0 Å². The largest absolute Gasteiger partial charge is 0.472 e. The first-order valence-electron chi connectivity index (χ1n) is 33.1. The molecule has 2 N–H and O–H groups in total. The van der Waals surface area contributed by atoms with E-state index in [1.165, 1.54) is 96.3 Å². The molecule has 0 aromatic rings. The number of rotatable bonds is 61. The Morgan fingerprint density at radius 2 is 0.634 bits per heavy atom. The molecule has 0 aromatic carbocycles. The van der Waals surface area contributed by atoms with Crippen LogP contribution in [0.15, 0.2) is 97.2 Å². The smallest absolute Gasteiger partial charge is 0.462 e. The van der Waals surface area contributed by atoms with Crippen LogP contribution >= 0.6 is 7.82 Å². The minimum atomic E-state index is -4.77. The molecule has 3 unspecified atom stereocenters. The molecule has 0 heterocycles. The lowest BCUT2D eigenvalue weighted by Gasteiger charge is -2.21. The van der Waals surface area contributed by atoms with Crippen molar-refractivity contribution in [3.63, 3.8) is 0 Å². The minimum Gasteiger partial charge on any atom is -0.462 e. The number of aliphatic hydroxyl groups is 1. The van der Waals surface area contributed by atoms with Crippen LogP contribution in [0.2, 0.25) is 0 Å². The standard InChI is InChI=1S/C70H121O11P/c1-4-7-10-13-16-19-22-25-28-31-33-36-38-41-44-47-50-53-56-59-68(72)77-63-67(81-70(74)61-58-55-52-49-46-43-40-37-34-32-29-26-23-20-17-14-11-8-5-2)65-79-82(75,76)78-64-66(62-71)80-69(73)60-57-54-51-48-45-42-39-35-30-27-24-21-18-15-12-9-6-3/h8,11,16-21,25-30,34,37,66-67,71H,4-7,9-10,12-15,22-24,31-33,35-36,38-65H2,1-3H3,(H,75,76)/b11-8-,19-16-,20-17-,21-18-,28-25-,29-26-,30-27-,37-34-. The number of hydrogen-bond donors (Lipinski definition) is 2. The maximum atomic E-state index is 13.0. The topological polar surface area (TPSA) is 155 Å². The maximum absolute atomic E-state index is 13.0. The lowest BCUT2D eigenvalue weighted by Crippen LogP contribution is -2.30. The summed E-state index contributed by atoms with van der Waals surface area (Å²) in [5.41, 5.74) is 0. The summed E-state index contributed by atoms with van der Waals surface area (Å²) in [6.45, 7) is 4.49. The van der Waals surface area contributed by atoms with Gasteiger partial charge in [0.2, 0.25) is 0 Å². The van der Waals surface area contributed by atoms with Gasteiger partial charge in [-0.25, -0.2) is 4.57 Å². The van der Waals surface area contributed by atoms with Gasteiger partial charge in [0.1, 0.15) is 12.7 Å². The van der Waals surface area contributed by atoms with E-state index in [1.807, 2.05) is 0 Å². The third-order valence-electron chi connectivity index (χ3n) is 14.0. The first-order chi connectivity index (χ1) is 40.2. The molecule has 82 heavy (non-hydrogen) atoms. The Labute approximate surface area is 502 Å². The summed E-state index contributed by atoms with van der Waals surface area (Å²) in [4.78, 5) is 48.8. The van der Waals surface area contributed by atoms with Crippen LogP contribution in [0.25, 0.3) is 0 Å². The van der Waals surface area contributed by atoms with Crippen molar-refractivity contribution >= 4 is 25.7 Å². The molecule has 0 aliphatic carbocycles. The van der Waals surface area contributed by atoms with Gasteiger partial charge in [0.25, 0.3) is 0 Å². The highest BCUT2D eigenvalue weighted by atomic mass is 31.2. The molecule has 0 saturated carbocycles. The van der Waals surface area contributed by atoms with E-state index in [9.17, 15) is 28.9 Å². The third-order valence-corrected chi connectivity index (χ3v) is 14.9. The molecule has 0 bridgehead atoms. The average molecular weight is 1170 g/mol. The minimum absolute atomic E-state index is 0.147. The summed E-state index contributed by atoms with van der Waals surface area (Å²) >= 11 is 0. The van der Waals surface area contributed by atoms with Crippen LogP contribution in [0, 0.1) is 0 Å². The second kappa shape index (κ2) is 63.4. The molecule has 0 aromatic heterocycles. The lowest BCUT2D eigenvalue weighted by atomic mass is 10.1. The number of carbonyl (C=O) groups excluding carboxylic acids is 3. The van der Waals surface area contributed by atoms with E-state index in [-0.39, 0.29) is 25.9 Å². The van der Waals surface area contributed by atoms with Crippen LogP contribution < -0.4 is 0 Å². The number of phosphoric acid groups is 1. The molecule has 0 saturated heterocycles. The van der Waals surface area contributed by atoms with Crippen LogP contribution in [0.4, 0.5) is 0 Å². The zero-order chi connectivity index (χ0) is 59.8. The van der Waals surface area contributed by atoms with E-state index < -0.39 is 57.8 Å². The average Bonchev–Trinajstić information content (AvgIpc) is 3.50.